The first-order valence-corrected chi connectivity index (χ1v) is 19.9. The quantitative estimate of drug-likeness (QED) is 0.275. The maximum atomic E-state index is 14.1. The van der Waals surface area contributed by atoms with Crippen molar-refractivity contribution in [2.45, 2.75) is 70.1 Å². The molecule has 2 aromatic rings. The van der Waals surface area contributed by atoms with Crippen molar-refractivity contribution in [1.29, 1.82) is 0 Å². The Morgan fingerprint density at radius 2 is 1.62 bits per heavy atom. The number of amides is 4. The number of phenolic OH excluding ortho intramolecular Hbond substituents is 1. The van der Waals surface area contributed by atoms with Gasteiger partial charge in [-0.15, -0.1) is 0 Å². The molecule has 286 valence electrons. The summed E-state index contributed by atoms with van der Waals surface area (Å²) in [5.74, 6) is -0.224. The van der Waals surface area contributed by atoms with E-state index in [4.69, 9.17) is 9.47 Å². The lowest BCUT2D eigenvalue weighted by Crippen LogP contribution is -2.55. The molecule has 3 fully saturated rings. The standard InChI is InChI=1S/C38H52BBrN6O7/c1-2-52-34(47)12-13-42-19-21-43(22-20-42)28-8-14-44(15-9-28)36(49)33(25-26-23-30(39)35(48)31(40)24-26)53-38(51)45-16-10-29(11-17-45)46-18-7-27-5-3-4-6-32(27)41-37(46)50/h3-6,23-24,28-29,33,48H,2,7-22,25,39H2,1H3,(H,41,50)/t33-/m1/s1. The van der Waals surface area contributed by atoms with Gasteiger partial charge in [0, 0.05) is 89.6 Å². The number of rotatable bonds is 10. The molecule has 53 heavy (non-hydrogen) atoms. The topological polar surface area (TPSA) is 135 Å². The van der Waals surface area contributed by atoms with Crippen LogP contribution in [-0.4, -0.2) is 152 Å². The van der Waals surface area contributed by atoms with E-state index < -0.39 is 12.2 Å². The van der Waals surface area contributed by atoms with Gasteiger partial charge in [-0.1, -0.05) is 24.3 Å². The Balaban J connectivity index is 1.03. The number of likely N-dealkylation sites (tertiary alicyclic amines) is 2. The third kappa shape index (κ3) is 9.84. The number of hydrogen-bond donors (Lipinski definition) is 2. The molecule has 4 heterocycles. The van der Waals surface area contributed by atoms with Crippen LogP contribution in [0.4, 0.5) is 15.3 Å². The predicted molar refractivity (Wildman–Crippen MR) is 207 cm³/mol. The number of carbonyl (C=O) groups excluding carboxylic acids is 4. The fraction of sp³-hybridized carbons (Fsp3) is 0.579. The van der Waals surface area contributed by atoms with E-state index in [1.807, 2.05) is 47.1 Å². The van der Waals surface area contributed by atoms with E-state index >= 15 is 0 Å². The highest BCUT2D eigenvalue weighted by Gasteiger charge is 2.36. The molecular weight excluding hydrogens is 743 g/mol. The van der Waals surface area contributed by atoms with Gasteiger partial charge in [-0.05, 0) is 83.7 Å². The van der Waals surface area contributed by atoms with Gasteiger partial charge >= 0.3 is 18.1 Å². The Kier molecular flexibility index (Phi) is 13.2. The van der Waals surface area contributed by atoms with Crippen LogP contribution >= 0.6 is 15.9 Å². The first-order chi connectivity index (χ1) is 25.6. The van der Waals surface area contributed by atoms with Crippen molar-refractivity contribution >= 4 is 58.9 Å². The molecule has 2 aromatic carbocycles. The van der Waals surface area contributed by atoms with E-state index in [9.17, 15) is 24.3 Å². The molecule has 0 unspecified atom stereocenters. The summed E-state index contributed by atoms with van der Waals surface area (Å²) in [4.78, 5) is 62.9. The Morgan fingerprint density at radius 1 is 0.943 bits per heavy atom. The van der Waals surface area contributed by atoms with Gasteiger partial charge in [-0.3, -0.25) is 14.5 Å². The molecule has 4 aliphatic heterocycles. The molecule has 0 aliphatic carbocycles. The first kappa shape index (κ1) is 38.9. The minimum Gasteiger partial charge on any atom is -0.507 e. The second-order valence-electron chi connectivity index (χ2n) is 14.6. The van der Waals surface area contributed by atoms with Gasteiger partial charge in [0.25, 0.3) is 5.91 Å². The Morgan fingerprint density at radius 3 is 2.32 bits per heavy atom. The molecule has 3 saturated heterocycles. The van der Waals surface area contributed by atoms with Crippen LogP contribution in [0.2, 0.25) is 0 Å². The highest BCUT2D eigenvalue weighted by atomic mass is 79.9. The Bertz CT molecular complexity index is 1600. The smallest absolute Gasteiger partial charge is 0.410 e. The van der Waals surface area contributed by atoms with Crippen LogP contribution in [0, 0.1) is 0 Å². The van der Waals surface area contributed by atoms with Crippen LogP contribution in [0.25, 0.3) is 0 Å². The molecule has 1 atom stereocenters. The number of fused-ring (bicyclic) bond motifs is 1. The van der Waals surface area contributed by atoms with Gasteiger partial charge in [0.15, 0.2) is 6.10 Å². The summed E-state index contributed by atoms with van der Waals surface area (Å²) in [5.41, 5.74) is 3.40. The first-order valence-electron chi connectivity index (χ1n) is 19.1. The molecular formula is C38H52BBrN6O7. The van der Waals surface area contributed by atoms with Gasteiger partial charge in [0.05, 0.1) is 17.5 Å². The molecule has 6 rings (SSSR count). The number of piperidine rings is 2. The monoisotopic (exact) mass is 794 g/mol. The molecule has 0 aromatic heterocycles. The van der Waals surface area contributed by atoms with Gasteiger partial charge in [0.2, 0.25) is 0 Å². The maximum Gasteiger partial charge on any atom is 0.410 e. The molecule has 4 amide bonds. The number of aromatic hydroxyl groups is 1. The van der Waals surface area contributed by atoms with Crippen molar-refractivity contribution in [1.82, 2.24) is 24.5 Å². The lowest BCUT2D eigenvalue weighted by atomic mass is 9.91. The Labute approximate surface area is 321 Å². The van der Waals surface area contributed by atoms with Gasteiger partial charge in [-0.25, -0.2) is 9.59 Å². The summed E-state index contributed by atoms with van der Waals surface area (Å²) in [7, 11) is 1.80. The highest BCUT2D eigenvalue weighted by molar-refractivity contribution is 9.10. The minimum absolute atomic E-state index is 0.00279. The molecule has 0 spiro atoms. The second-order valence-corrected chi connectivity index (χ2v) is 15.4. The third-order valence-electron chi connectivity index (χ3n) is 11.2. The number of urea groups is 1. The van der Waals surface area contributed by atoms with E-state index in [2.05, 4.69) is 31.0 Å². The van der Waals surface area contributed by atoms with Crippen molar-refractivity contribution in [3.05, 3.63) is 52.0 Å². The number of esters is 1. The number of carbonyl (C=O) groups is 4. The van der Waals surface area contributed by atoms with Crippen molar-refractivity contribution in [3.63, 3.8) is 0 Å². The van der Waals surface area contributed by atoms with Crippen molar-refractivity contribution in [2.75, 3.05) is 77.4 Å². The van der Waals surface area contributed by atoms with Gasteiger partial charge in [-0.2, -0.15) is 0 Å². The fourth-order valence-corrected chi connectivity index (χ4v) is 8.71. The summed E-state index contributed by atoms with van der Waals surface area (Å²) in [6.45, 7) is 9.18. The van der Waals surface area contributed by atoms with E-state index in [0.29, 0.717) is 81.1 Å². The van der Waals surface area contributed by atoms with Crippen LogP contribution in [0.5, 0.6) is 5.75 Å². The number of benzene rings is 2. The van der Waals surface area contributed by atoms with Gasteiger partial charge in [0.1, 0.15) is 13.6 Å². The summed E-state index contributed by atoms with van der Waals surface area (Å²) in [6, 6.07) is 11.7. The number of nitrogens with one attached hydrogen (secondary N) is 1. The lowest BCUT2D eigenvalue weighted by molar-refractivity contribution is -0.144. The molecule has 4 aliphatic rings. The molecule has 2 N–H and O–H groups in total. The number of hydrogen-bond acceptors (Lipinski definition) is 9. The fourth-order valence-electron chi connectivity index (χ4n) is 8.10. The third-order valence-corrected chi connectivity index (χ3v) is 11.8. The van der Waals surface area contributed by atoms with E-state index in [1.54, 1.807) is 18.8 Å². The number of nitrogens with zero attached hydrogens (tertiary/aromatic N) is 5. The second kappa shape index (κ2) is 18.0. The summed E-state index contributed by atoms with van der Waals surface area (Å²) >= 11 is 3.42. The van der Waals surface area contributed by atoms with Crippen molar-refractivity contribution in [2.24, 2.45) is 0 Å². The van der Waals surface area contributed by atoms with E-state index in [0.717, 1.165) is 62.3 Å². The van der Waals surface area contributed by atoms with E-state index in [-0.39, 0.29) is 36.1 Å². The zero-order valence-corrected chi connectivity index (χ0v) is 32.5. The largest absolute Gasteiger partial charge is 0.507 e. The number of phenols is 1. The molecule has 0 saturated carbocycles. The van der Waals surface area contributed by atoms with E-state index in [1.165, 1.54) is 0 Å². The number of anilines is 1. The zero-order valence-electron chi connectivity index (χ0n) is 30.9. The van der Waals surface area contributed by atoms with Crippen molar-refractivity contribution in [3.8, 4) is 5.75 Å². The average Bonchev–Trinajstić information content (AvgIpc) is 3.34. The Hall–Kier alpha value is -3.82. The maximum absolute atomic E-state index is 14.1. The minimum atomic E-state index is -1.02. The summed E-state index contributed by atoms with van der Waals surface area (Å²) in [6.07, 6.45) is 2.72. The average molecular weight is 796 g/mol. The molecule has 0 bridgehead atoms. The number of para-hydroxylation sites is 1. The molecule has 15 heteroatoms. The van der Waals surface area contributed by atoms with Crippen molar-refractivity contribution < 1.29 is 33.8 Å². The predicted octanol–water partition coefficient (Wildman–Crippen LogP) is 2.58. The normalized spacial score (nSPS) is 20.0. The number of piperazine rings is 1. The van der Waals surface area contributed by atoms with Crippen LogP contribution in [0.15, 0.2) is 40.9 Å². The van der Waals surface area contributed by atoms with Gasteiger partial charge < -0.3 is 39.5 Å². The van der Waals surface area contributed by atoms with Crippen LogP contribution in [0.1, 0.15) is 50.2 Å². The van der Waals surface area contributed by atoms with Crippen LogP contribution in [0.3, 0.4) is 0 Å². The van der Waals surface area contributed by atoms with Crippen LogP contribution < -0.4 is 10.8 Å². The highest BCUT2D eigenvalue weighted by Crippen LogP contribution is 2.27. The molecule has 13 nitrogen and oxygen atoms in total. The number of ether oxygens (including phenoxy) is 2. The van der Waals surface area contributed by atoms with Crippen LogP contribution in [-0.2, 0) is 31.9 Å². The SMILES string of the molecule is Bc1cc(C[C@@H](OC(=O)N2CCC(N3CCc4ccccc4NC3=O)CC2)C(=O)N2CCC(N3CCN(CCC(=O)OCC)CC3)CC2)cc(Br)c1O. The number of halogens is 1. The lowest BCUT2D eigenvalue weighted by Gasteiger charge is -2.43. The molecule has 0 radical (unpaired) electrons. The summed E-state index contributed by atoms with van der Waals surface area (Å²) in [5, 5.41) is 13.4. The zero-order chi connectivity index (χ0) is 37.5. The summed E-state index contributed by atoms with van der Waals surface area (Å²) < 4.78 is 11.7.